The molecule has 0 aliphatic heterocycles. The summed E-state index contributed by atoms with van der Waals surface area (Å²) in [6.07, 6.45) is 8.87. The van der Waals surface area contributed by atoms with Gasteiger partial charge >= 0.3 is 0 Å². The van der Waals surface area contributed by atoms with Crippen molar-refractivity contribution in [2.24, 2.45) is 0 Å². The number of rotatable bonds is 8. The van der Waals surface area contributed by atoms with Crippen LogP contribution in [0.3, 0.4) is 0 Å². The molecule has 8 heteroatoms. The summed E-state index contributed by atoms with van der Waals surface area (Å²) in [7, 11) is 0. The number of hydrogen-bond donors (Lipinski definition) is 0. The summed E-state index contributed by atoms with van der Waals surface area (Å²) in [5.41, 5.74) is 1.20. The van der Waals surface area contributed by atoms with Crippen LogP contribution in [0.2, 0.25) is 5.02 Å². The van der Waals surface area contributed by atoms with Gasteiger partial charge < -0.3 is 14.1 Å². The number of amides is 1. The number of nitrogens with zero attached hydrogens (tertiary/aromatic N) is 3. The van der Waals surface area contributed by atoms with Gasteiger partial charge in [-0.2, -0.15) is 0 Å². The number of thioether (sulfide) groups is 1. The quantitative estimate of drug-likeness (QED) is 0.570. The molecule has 0 radical (unpaired) electrons. The second kappa shape index (κ2) is 9.01. The summed E-state index contributed by atoms with van der Waals surface area (Å²) < 4.78 is 11.2. The fraction of sp³-hybridized carbons (Fsp3) is 0.450. The lowest BCUT2D eigenvalue weighted by Gasteiger charge is -2.27. The minimum Gasteiger partial charge on any atom is -0.484 e. The van der Waals surface area contributed by atoms with Gasteiger partial charge in [-0.15, -0.1) is 10.2 Å². The van der Waals surface area contributed by atoms with Gasteiger partial charge in [-0.1, -0.05) is 29.4 Å². The van der Waals surface area contributed by atoms with Gasteiger partial charge in [0.15, 0.2) is 6.61 Å². The van der Waals surface area contributed by atoms with E-state index in [-0.39, 0.29) is 12.5 Å². The molecule has 0 atom stereocenters. The van der Waals surface area contributed by atoms with Gasteiger partial charge in [-0.05, 0) is 62.8 Å². The summed E-state index contributed by atoms with van der Waals surface area (Å²) >= 11 is 7.13. The highest BCUT2D eigenvalue weighted by molar-refractivity contribution is 7.99. The second-order valence-corrected chi connectivity index (χ2v) is 8.29. The van der Waals surface area contributed by atoms with Gasteiger partial charge in [-0.3, -0.25) is 4.79 Å². The first-order valence-electron chi connectivity index (χ1n) is 9.54. The molecule has 2 aromatic rings. The minimum atomic E-state index is 0.123. The van der Waals surface area contributed by atoms with E-state index in [9.17, 15) is 4.79 Å². The molecule has 148 valence electrons. The van der Waals surface area contributed by atoms with E-state index in [1.54, 1.807) is 24.3 Å². The maximum absolute atomic E-state index is 12.8. The van der Waals surface area contributed by atoms with E-state index in [2.05, 4.69) is 16.3 Å². The van der Waals surface area contributed by atoms with E-state index in [1.807, 2.05) is 4.90 Å². The molecular weight excluding hydrogens is 398 g/mol. The average Bonchev–Trinajstić information content (AvgIpc) is 3.44. The van der Waals surface area contributed by atoms with Crippen LogP contribution in [0.25, 0.3) is 0 Å². The number of benzene rings is 1. The molecule has 4 rings (SSSR count). The summed E-state index contributed by atoms with van der Waals surface area (Å²) in [4.78, 5) is 14.8. The Balaban J connectivity index is 1.29. The van der Waals surface area contributed by atoms with E-state index in [1.165, 1.54) is 23.9 Å². The van der Waals surface area contributed by atoms with Crippen LogP contribution in [0.4, 0.5) is 0 Å². The van der Waals surface area contributed by atoms with Gasteiger partial charge in [0.25, 0.3) is 11.1 Å². The minimum absolute atomic E-state index is 0.123. The maximum atomic E-state index is 12.8. The number of halogens is 1. The Morgan fingerprint density at radius 2 is 2.07 bits per heavy atom. The number of carbonyl (C=O) groups excluding carboxylic acids is 1. The van der Waals surface area contributed by atoms with Crippen molar-refractivity contribution in [3.63, 3.8) is 0 Å². The average molecular weight is 420 g/mol. The zero-order valence-corrected chi connectivity index (χ0v) is 17.0. The van der Waals surface area contributed by atoms with Crippen molar-refractivity contribution in [2.45, 2.75) is 56.4 Å². The Hall–Kier alpha value is -1.99. The predicted octanol–water partition coefficient (Wildman–Crippen LogP) is 4.84. The summed E-state index contributed by atoms with van der Waals surface area (Å²) in [5, 5.41) is 9.03. The number of allylic oxidation sites excluding steroid dienone is 2. The third-order valence-electron chi connectivity index (χ3n) is 4.70. The molecule has 1 fully saturated rings. The van der Waals surface area contributed by atoms with Crippen molar-refractivity contribution in [1.82, 2.24) is 15.1 Å². The first-order chi connectivity index (χ1) is 13.7. The van der Waals surface area contributed by atoms with Gasteiger partial charge in [0.2, 0.25) is 5.91 Å². The molecule has 28 heavy (non-hydrogen) atoms. The number of hydrogen-bond acceptors (Lipinski definition) is 6. The summed E-state index contributed by atoms with van der Waals surface area (Å²) in [6.45, 7) is 0.171. The van der Waals surface area contributed by atoms with E-state index < -0.39 is 0 Å². The molecule has 0 unspecified atom stereocenters. The van der Waals surface area contributed by atoms with E-state index in [0.717, 1.165) is 32.1 Å². The Labute approximate surface area is 173 Å². The van der Waals surface area contributed by atoms with Crippen LogP contribution in [0.15, 0.2) is 45.7 Å². The van der Waals surface area contributed by atoms with Gasteiger partial charge in [-0.25, -0.2) is 0 Å². The first kappa shape index (κ1) is 19.3. The highest BCUT2D eigenvalue weighted by Gasteiger charge is 2.35. The van der Waals surface area contributed by atoms with Crippen LogP contribution in [-0.4, -0.2) is 32.8 Å². The third-order valence-corrected chi connectivity index (χ3v) is 5.76. The fourth-order valence-corrected chi connectivity index (χ4v) is 3.96. The van der Waals surface area contributed by atoms with Crippen LogP contribution < -0.4 is 4.74 Å². The zero-order valence-electron chi connectivity index (χ0n) is 15.5. The van der Waals surface area contributed by atoms with Gasteiger partial charge in [0.05, 0.1) is 5.75 Å². The van der Waals surface area contributed by atoms with Crippen LogP contribution in [0.1, 0.15) is 44.4 Å². The zero-order chi connectivity index (χ0) is 19.3. The predicted molar refractivity (Wildman–Crippen MR) is 107 cm³/mol. The Kier molecular flexibility index (Phi) is 6.22. The molecule has 0 bridgehead atoms. The smallest absolute Gasteiger partial charge is 0.277 e. The highest BCUT2D eigenvalue weighted by atomic mass is 35.5. The molecule has 1 amide bonds. The Morgan fingerprint density at radius 1 is 1.25 bits per heavy atom. The largest absolute Gasteiger partial charge is 0.484 e. The van der Waals surface area contributed by atoms with Crippen molar-refractivity contribution < 1.29 is 13.9 Å². The number of aromatic nitrogens is 2. The first-order valence-corrected chi connectivity index (χ1v) is 10.9. The topological polar surface area (TPSA) is 68.5 Å². The normalized spacial score (nSPS) is 16.5. The number of ether oxygens (including phenoxy) is 1. The summed E-state index contributed by atoms with van der Waals surface area (Å²) in [5.74, 6) is 1.47. The van der Waals surface area contributed by atoms with Crippen LogP contribution in [0, 0.1) is 0 Å². The lowest BCUT2D eigenvalue weighted by Crippen LogP contribution is -2.34. The van der Waals surface area contributed by atoms with Crippen molar-refractivity contribution in [1.29, 1.82) is 0 Å². The van der Waals surface area contributed by atoms with Crippen LogP contribution in [0.5, 0.6) is 5.75 Å². The molecule has 2 aliphatic carbocycles. The van der Waals surface area contributed by atoms with Gasteiger partial charge in [0, 0.05) is 16.8 Å². The molecule has 2 aliphatic rings. The van der Waals surface area contributed by atoms with E-state index in [4.69, 9.17) is 20.8 Å². The molecule has 0 saturated heterocycles. The molecule has 0 spiro atoms. The second-order valence-electron chi connectivity index (χ2n) is 6.93. The van der Waals surface area contributed by atoms with E-state index >= 15 is 0 Å². The van der Waals surface area contributed by atoms with Crippen molar-refractivity contribution >= 4 is 29.3 Å². The standard InChI is InChI=1S/C20H22ClN3O3S/c21-14-6-10-17(11-7-14)26-12-18-22-23-20(27-18)28-13-19(25)24(16-8-9-16)15-4-2-1-3-5-15/h4,6-7,10-11,16H,1-3,5,8-9,12-13H2. The molecule has 0 N–H and O–H groups in total. The Morgan fingerprint density at radius 3 is 2.79 bits per heavy atom. The molecule has 1 heterocycles. The van der Waals surface area contributed by atoms with E-state index in [0.29, 0.717) is 33.7 Å². The summed E-state index contributed by atoms with van der Waals surface area (Å²) in [6, 6.07) is 7.44. The lowest BCUT2D eigenvalue weighted by atomic mass is 10.0. The maximum Gasteiger partial charge on any atom is 0.277 e. The highest BCUT2D eigenvalue weighted by Crippen LogP contribution is 2.34. The van der Waals surface area contributed by atoms with Crippen LogP contribution in [-0.2, 0) is 11.4 Å². The molecule has 1 aromatic carbocycles. The lowest BCUT2D eigenvalue weighted by molar-refractivity contribution is -0.127. The fourth-order valence-electron chi connectivity index (χ4n) is 3.19. The molecule has 1 aromatic heterocycles. The van der Waals surface area contributed by atoms with Crippen LogP contribution >= 0.6 is 23.4 Å². The molecule has 1 saturated carbocycles. The van der Waals surface area contributed by atoms with Gasteiger partial charge in [0.1, 0.15) is 5.75 Å². The van der Waals surface area contributed by atoms with Crippen molar-refractivity contribution in [3.05, 3.63) is 47.0 Å². The van der Waals surface area contributed by atoms with Crippen molar-refractivity contribution in [3.8, 4) is 5.75 Å². The molecule has 6 nitrogen and oxygen atoms in total. The van der Waals surface area contributed by atoms with Crippen molar-refractivity contribution in [2.75, 3.05) is 5.75 Å². The third kappa shape index (κ3) is 5.08. The SMILES string of the molecule is O=C(CSc1nnc(COc2ccc(Cl)cc2)o1)N(C1=CCCCC1)C1CC1. The molecular formula is C20H22ClN3O3S. The number of carbonyl (C=O) groups is 1. The monoisotopic (exact) mass is 419 g/mol. The Bertz CT molecular complexity index is 849.